The van der Waals surface area contributed by atoms with Crippen LogP contribution in [0.25, 0.3) is 0 Å². The first-order valence-corrected chi connectivity index (χ1v) is 6.36. The van der Waals surface area contributed by atoms with Crippen molar-refractivity contribution in [2.45, 2.75) is 44.9 Å². The van der Waals surface area contributed by atoms with Crippen LogP contribution in [0, 0.1) is 0 Å². The maximum atomic E-state index is 11.5. The number of nitrogens with one attached hydrogen (secondary N) is 1. The second-order valence-electron chi connectivity index (χ2n) is 4.38. The number of unbranched alkanes of at least 4 members (excludes halogenated alkanes) is 2. The zero-order valence-electron chi connectivity index (χ0n) is 10.5. The Morgan fingerprint density at radius 3 is 2.78 bits per heavy atom. The number of carboxylic acids is 1. The number of aliphatic imine (C=N–C) groups is 1. The van der Waals surface area contributed by atoms with Crippen molar-refractivity contribution in [1.82, 2.24) is 5.32 Å². The lowest BCUT2D eigenvalue weighted by Gasteiger charge is -2.05. The Morgan fingerprint density at radius 2 is 2.11 bits per heavy atom. The fraction of sp³-hybridized carbons (Fsp3) is 0.615. The van der Waals surface area contributed by atoms with E-state index in [0.29, 0.717) is 19.4 Å². The molecule has 0 saturated heterocycles. The van der Waals surface area contributed by atoms with Crippen LogP contribution in [0.5, 0.6) is 0 Å². The third-order valence-electron chi connectivity index (χ3n) is 2.78. The molecule has 1 amide bonds. The number of aliphatic carboxylic acids is 1. The van der Waals surface area contributed by atoms with Gasteiger partial charge in [-0.15, -0.1) is 0 Å². The minimum atomic E-state index is -0.758. The summed E-state index contributed by atoms with van der Waals surface area (Å²) in [6.45, 7) is 0.633. The predicted octanol–water partition coefficient (Wildman–Crippen LogP) is 1.89. The molecule has 0 fully saturated rings. The molecule has 100 valence electrons. The van der Waals surface area contributed by atoms with Crippen molar-refractivity contribution < 1.29 is 14.7 Å². The lowest BCUT2D eigenvalue weighted by atomic mass is 10.1. The Labute approximate surface area is 107 Å². The number of carbonyl (C=O) groups is 2. The molecule has 0 aliphatic carbocycles. The van der Waals surface area contributed by atoms with Gasteiger partial charge in [0.05, 0.1) is 0 Å². The van der Waals surface area contributed by atoms with Gasteiger partial charge in [-0.3, -0.25) is 14.6 Å². The third-order valence-corrected chi connectivity index (χ3v) is 2.78. The van der Waals surface area contributed by atoms with Crippen LogP contribution in [-0.4, -0.2) is 29.7 Å². The molecule has 2 N–H and O–H groups in total. The number of allylic oxidation sites excluding steroid dienone is 1. The highest BCUT2D eigenvalue weighted by Gasteiger charge is 2.05. The van der Waals surface area contributed by atoms with Crippen LogP contribution in [0.2, 0.25) is 0 Å². The molecule has 0 radical (unpaired) electrons. The van der Waals surface area contributed by atoms with Gasteiger partial charge in [0.15, 0.2) is 0 Å². The van der Waals surface area contributed by atoms with E-state index in [0.717, 1.165) is 25.7 Å². The van der Waals surface area contributed by atoms with Crippen molar-refractivity contribution in [2.75, 3.05) is 6.54 Å². The predicted molar refractivity (Wildman–Crippen MR) is 69.5 cm³/mol. The molecule has 0 spiro atoms. The average Bonchev–Trinajstić information content (AvgIpc) is 2.83. The van der Waals surface area contributed by atoms with Gasteiger partial charge >= 0.3 is 5.97 Å². The van der Waals surface area contributed by atoms with Gasteiger partial charge in [0, 0.05) is 38.2 Å². The molecule has 1 rings (SSSR count). The second-order valence-corrected chi connectivity index (χ2v) is 4.38. The maximum Gasteiger partial charge on any atom is 0.303 e. The molecule has 5 heteroatoms. The zero-order valence-corrected chi connectivity index (χ0v) is 10.5. The summed E-state index contributed by atoms with van der Waals surface area (Å²) in [6, 6.07) is 0. The van der Waals surface area contributed by atoms with Crippen LogP contribution in [0.3, 0.4) is 0 Å². The van der Waals surface area contributed by atoms with E-state index >= 15 is 0 Å². The highest BCUT2D eigenvalue weighted by atomic mass is 16.4. The summed E-state index contributed by atoms with van der Waals surface area (Å²) in [6.07, 6.45) is 8.36. The number of amides is 1. The fourth-order valence-electron chi connectivity index (χ4n) is 1.72. The maximum absolute atomic E-state index is 11.5. The van der Waals surface area contributed by atoms with Crippen LogP contribution >= 0.6 is 0 Å². The molecule has 1 aliphatic rings. The highest BCUT2D eigenvalue weighted by Crippen LogP contribution is 2.12. The topological polar surface area (TPSA) is 78.8 Å². The number of hydrogen-bond acceptors (Lipinski definition) is 3. The SMILES string of the molecule is O=C(O)CCCCCNC(=O)CCC1=CN=CC1. The molecule has 1 heterocycles. The standard InChI is InChI=1S/C13H20N2O3/c16-12(6-5-11-7-9-14-10-11)15-8-3-1-2-4-13(17)18/h9-10H,1-8H2,(H,15,16)(H,17,18). The first kappa shape index (κ1) is 14.4. The number of carbonyl (C=O) groups excluding carboxylic acids is 1. The van der Waals surface area contributed by atoms with Gasteiger partial charge in [-0.25, -0.2) is 0 Å². The van der Waals surface area contributed by atoms with E-state index in [4.69, 9.17) is 5.11 Å². The summed E-state index contributed by atoms with van der Waals surface area (Å²) < 4.78 is 0. The van der Waals surface area contributed by atoms with E-state index in [9.17, 15) is 9.59 Å². The molecule has 1 aliphatic heterocycles. The van der Waals surface area contributed by atoms with Gasteiger partial charge in [-0.05, 0) is 24.8 Å². The summed E-state index contributed by atoms with van der Waals surface area (Å²) in [5.41, 5.74) is 1.20. The van der Waals surface area contributed by atoms with Gasteiger partial charge in [-0.2, -0.15) is 0 Å². The zero-order chi connectivity index (χ0) is 13.2. The molecule has 0 unspecified atom stereocenters. The Morgan fingerprint density at radius 1 is 1.28 bits per heavy atom. The number of nitrogens with zero attached hydrogens (tertiary/aromatic N) is 1. The van der Waals surface area contributed by atoms with Crippen LogP contribution in [0.15, 0.2) is 16.8 Å². The van der Waals surface area contributed by atoms with Crippen LogP contribution in [0.4, 0.5) is 0 Å². The first-order valence-electron chi connectivity index (χ1n) is 6.36. The summed E-state index contributed by atoms with van der Waals surface area (Å²) >= 11 is 0. The molecule has 0 aromatic heterocycles. The van der Waals surface area contributed by atoms with E-state index in [2.05, 4.69) is 10.3 Å². The van der Waals surface area contributed by atoms with Crippen molar-refractivity contribution in [3.05, 3.63) is 11.8 Å². The smallest absolute Gasteiger partial charge is 0.303 e. The van der Waals surface area contributed by atoms with E-state index in [1.165, 1.54) is 5.57 Å². The fourth-order valence-corrected chi connectivity index (χ4v) is 1.72. The van der Waals surface area contributed by atoms with Crippen LogP contribution < -0.4 is 5.32 Å². The van der Waals surface area contributed by atoms with Gasteiger partial charge in [0.25, 0.3) is 0 Å². The largest absolute Gasteiger partial charge is 0.481 e. The Bertz CT molecular complexity index is 348. The summed E-state index contributed by atoms with van der Waals surface area (Å²) in [5, 5.41) is 11.3. The quantitative estimate of drug-likeness (QED) is 0.615. The first-order chi connectivity index (χ1) is 8.68. The van der Waals surface area contributed by atoms with Crippen molar-refractivity contribution in [2.24, 2.45) is 4.99 Å². The monoisotopic (exact) mass is 252 g/mol. The van der Waals surface area contributed by atoms with Crippen molar-refractivity contribution in [3.8, 4) is 0 Å². The van der Waals surface area contributed by atoms with E-state index < -0.39 is 5.97 Å². The lowest BCUT2D eigenvalue weighted by Crippen LogP contribution is -2.24. The highest BCUT2D eigenvalue weighted by molar-refractivity contribution is 5.76. The van der Waals surface area contributed by atoms with Gasteiger partial charge < -0.3 is 10.4 Å². The van der Waals surface area contributed by atoms with E-state index in [1.807, 2.05) is 12.4 Å². The van der Waals surface area contributed by atoms with Crippen LogP contribution in [-0.2, 0) is 9.59 Å². The molecule has 0 aromatic carbocycles. The Balaban J connectivity index is 1.92. The third kappa shape index (κ3) is 6.83. The van der Waals surface area contributed by atoms with Crippen molar-refractivity contribution >= 4 is 18.1 Å². The summed E-state index contributed by atoms with van der Waals surface area (Å²) in [4.78, 5) is 25.7. The Hall–Kier alpha value is -1.65. The van der Waals surface area contributed by atoms with Crippen molar-refractivity contribution in [1.29, 1.82) is 0 Å². The molecule has 18 heavy (non-hydrogen) atoms. The second kappa shape index (κ2) is 8.44. The minimum Gasteiger partial charge on any atom is -0.481 e. The molecule has 0 saturated carbocycles. The van der Waals surface area contributed by atoms with Crippen LogP contribution in [0.1, 0.15) is 44.9 Å². The molecule has 0 atom stereocenters. The number of carboxylic acid groups (broad SMARTS) is 1. The average molecular weight is 252 g/mol. The summed E-state index contributed by atoms with van der Waals surface area (Å²) in [5.74, 6) is -0.702. The molecule has 5 nitrogen and oxygen atoms in total. The molecule has 0 aromatic rings. The molecular formula is C13H20N2O3. The number of rotatable bonds is 9. The van der Waals surface area contributed by atoms with Crippen molar-refractivity contribution in [3.63, 3.8) is 0 Å². The van der Waals surface area contributed by atoms with E-state index in [1.54, 1.807) is 0 Å². The van der Waals surface area contributed by atoms with Gasteiger partial charge in [0.1, 0.15) is 0 Å². The van der Waals surface area contributed by atoms with E-state index in [-0.39, 0.29) is 12.3 Å². The Kier molecular flexibility index (Phi) is 6.76. The molecular weight excluding hydrogens is 232 g/mol. The lowest BCUT2D eigenvalue weighted by molar-refractivity contribution is -0.137. The molecule has 0 bridgehead atoms. The minimum absolute atomic E-state index is 0.0565. The van der Waals surface area contributed by atoms with Gasteiger partial charge in [0.2, 0.25) is 5.91 Å². The number of hydrogen-bond donors (Lipinski definition) is 2. The van der Waals surface area contributed by atoms with Gasteiger partial charge in [-0.1, -0.05) is 6.42 Å². The normalized spacial score (nSPS) is 13.4. The summed E-state index contributed by atoms with van der Waals surface area (Å²) in [7, 11) is 0.